The molecule has 1 aliphatic heterocycles. The summed E-state index contributed by atoms with van der Waals surface area (Å²) in [5.41, 5.74) is 0.480. The Balaban J connectivity index is 1.57. The van der Waals surface area contributed by atoms with Crippen LogP contribution in [0.3, 0.4) is 0 Å². The van der Waals surface area contributed by atoms with Gasteiger partial charge in [0.25, 0.3) is 5.91 Å². The molecule has 0 radical (unpaired) electrons. The number of carbonyl (C=O) groups excluding carboxylic acids is 1. The van der Waals surface area contributed by atoms with E-state index in [1.165, 1.54) is 24.3 Å². The number of benzene rings is 1. The van der Waals surface area contributed by atoms with Gasteiger partial charge in [-0.05, 0) is 52.3 Å². The second-order valence-electron chi connectivity index (χ2n) is 4.75. The minimum atomic E-state index is -0.351. The van der Waals surface area contributed by atoms with Crippen LogP contribution in [0.25, 0.3) is 0 Å². The predicted octanol–water partition coefficient (Wildman–Crippen LogP) is 2.89. The molecule has 0 atom stereocenters. The Kier molecular flexibility index (Phi) is 3.88. The van der Waals surface area contributed by atoms with E-state index in [2.05, 4.69) is 20.9 Å². The fraction of sp³-hybridized carbons (Fsp3) is 0.200. The molecule has 2 aromatic rings. The summed E-state index contributed by atoms with van der Waals surface area (Å²) in [7, 11) is 0. The van der Waals surface area contributed by atoms with Gasteiger partial charge in [0.15, 0.2) is 0 Å². The fourth-order valence-electron chi connectivity index (χ4n) is 2.07. The number of ether oxygens (including phenoxy) is 1. The summed E-state index contributed by atoms with van der Waals surface area (Å²) < 4.78 is 19.3. The SMILES string of the molecule is O=C(c1ccc(F)cc1)N1CC(Oc2ncccc2Br)C1. The topological polar surface area (TPSA) is 42.4 Å². The molecule has 0 aliphatic carbocycles. The normalized spacial score (nSPS) is 14.7. The van der Waals surface area contributed by atoms with Crippen molar-refractivity contribution in [2.45, 2.75) is 6.10 Å². The molecule has 1 saturated heterocycles. The molecule has 1 aliphatic rings. The molecule has 6 heteroatoms. The monoisotopic (exact) mass is 350 g/mol. The molecular formula is C15H12BrFN2O2. The quantitative estimate of drug-likeness (QED) is 0.854. The van der Waals surface area contributed by atoms with E-state index in [0.717, 1.165) is 4.47 Å². The van der Waals surface area contributed by atoms with Crippen molar-refractivity contribution < 1.29 is 13.9 Å². The van der Waals surface area contributed by atoms with Crippen LogP contribution in [0.1, 0.15) is 10.4 Å². The third-order valence-corrected chi connectivity index (χ3v) is 3.83. The van der Waals surface area contributed by atoms with E-state index in [4.69, 9.17) is 4.74 Å². The highest BCUT2D eigenvalue weighted by Crippen LogP contribution is 2.25. The van der Waals surface area contributed by atoms with Gasteiger partial charge in [0.05, 0.1) is 17.6 Å². The van der Waals surface area contributed by atoms with Crippen molar-refractivity contribution in [1.29, 1.82) is 0 Å². The lowest BCUT2D eigenvalue weighted by atomic mass is 10.1. The summed E-state index contributed by atoms with van der Waals surface area (Å²) >= 11 is 3.36. The van der Waals surface area contributed by atoms with E-state index >= 15 is 0 Å². The summed E-state index contributed by atoms with van der Waals surface area (Å²) in [6, 6.07) is 9.20. The minimum absolute atomic E-state index is 0.0689. The van der Waals surface area contributed by atoms with Crippen molar-refractivity contribution in [3.8, 4) is 5.88 Å². The smallest absolute Gasteiger partial charge is 0.254 e. The molecule has 21 heavy (non-hydrogen) atoms. The van der Waals surface area contributed by atoms with Crippen LogP contribution in [0.15, 0.2) is 47.1 Å². The molecule has 0 spiro atoms. The standard InChI is InChI=1S/C15H12BrFN2O2/c16-13-2-1-7-18-14(13)21-12-8-19(9-12)15(20)10-3-5-11(17)6-4-10/h1-7,12H,8-9H2. The molecule has 1 amide bonds. The largest absolute Gasteiger partial charge is 0.470 e. The molecule has 0 unspecified atom stereocenters. The van der Waals surface area contributed by atoms with Crippen LogP contribution in [-0.2, 0) is 0 Å². The Morgan fingerprint density at radius 1 is 1.29 bits per heavy atom. The summed E-state index contributed by atoms with van der Waals surface area (Å²) in [6.07, 6.45) is 1.58. The van der Waals surface area contributed by atoms with E-state index in [-0.39, 0.29) is 17.8 Å². The third kappa shape index (κ3) is 3.05. The number of hydrogen-bond donors (Lipinski definition) is 0. The maximum Gasteiger partial charge on any atom is 0.254 e. The lowest BCUT2D eigenvalue weighted by Gasteiger charge is -2.38. The van der Waals surface area contributed by atoms with Gasteiger partial charge >= 0.3 is 0 Å². The van der Waals surface area contributed by atoms with Crippen LogP contribution < -0.4 is 4.74 Å². The number of carbonyl (C=O) groups is 1. The minimum Gasteiger partial charge on any atom is -0.470 e. The lowest BCUT2D eigenvalue weighted by molar-refractivity contribution is 0.0157. The van der Waals surface area contributed by atoms with Gasteiger partial charge < -0.3 is 9.64 Å². The van der Waals surface area contributed by atoms with E-state index in [1.54, 1.807) is 11.1 Å². The first-order valence-corrected chi connectivity index (χ1v) is 7.25. The molecule has 4 nitrogen and oxygen atoms in total. The van der Waals surface area contributed by atoms with E-state index in [0.29, 0.717) is 24.5 Å². The van der Waals surface area contributed by atoms with Crippen LogP contribution >= 0.6 is 15.9 Å². The Labute approximate surface area is 129 Å². The second kappa shape index (κ2) is 5.81. The van der Waals surface area contributed by atoms with Gasteiger partial charge in [-0.1, -0.05) is 0 Å². The Hall–Kier alpha value is -1.95. The maximum absolute atomic E-state index is 12.8. The molecule has 3 rings (SSSR count). The van der Waals surface area contributed by atoms with Crippen LogP contribution in [-0.4, -0.2) is 35.0 Å². The maximum atomic E-state index is 12.8. The first-order chi connectivity index (χ1) is 10.1. The van der Waals surface area contributed by atoms with Crippen molar-refractivity contribution in [1.82, 2.24) is 9.88 Å². The van der Waals surface area contributed by atoms with Gasteiger partial charge in [0, 0.05) is 11.8 Å². The van der Waals surface area contributed by atoms with Crippen LogP contribution in [0.4, 0.5) is 4.39 Å². The van der Waals surface area contributed by atoms with Crippen LogP contribution in [0.2, 0.25) is 0 Å². The number of aromatic nitrogens is 1. The molecule has 0 bridgehead atoms. The van der Waals surface area contributed by atoms with E-state index in [9.17, 15) is 9.18 Å². The highest BCUT2D eigenvalue weighted by Gasteiger charge is 2.33. The van der Waals surface area contributed by atoms with Gasteiger partial charge in [0.2, 0.25) is 5.88 Å². The van der Waals surface area contributed by atoms with Crippen molar-refractivity contribution in [2.75, 3.05) is 13.1 Å². The highest BCUT2D eigenvalue weighted by atomic mass is 79.9. The van der Waals surface area contributed by atoms with E-state index < -0.39 is 0 Å². The molecule has 1 aromatic heterocycles. The van der Waals surface area contributed by atoms with Gasteiger partial charge in [-0.2, -0.15) is 0 Å². The van der Waals surface area contributed by atoms with Gasteiger partial charge in [-0.3, -0.25) is 4.79 Å². The first-order valence-electron chi connectivity index (χ1n) is 6.45. The van der Waals surface area contributed by atoms with Gasteiger partial charge in [-0.15, -0.1) is 0 Å². The number of halogens is 2. The van der Waals surface area contributed by atoms with Crippen LogP contribution in [0.5, 0.6) is 5.88 Å². The Morgan fingerprint density at radius 2 is 2.00 bits per heavy atom. The second-order valence-corrected chi connectivity index (χ2v) is 5.60. The number of amides is 1. The summed E-state index contributed by atoms with van der Waals surface area (Å²) in [5, 5.41) is 0. The zero-order chi connectivity index (χ0) is 14.8. The zero-order valence-corrected chi connectivity index (χ0v) is 12.6. The lowest BCUT2D eigenvalue weighted by Crippen LogP contribution is -2.56. The number of rotatable bonds is 3. The molecular weight excluding hydrogens is 339 g/mol. The van der Waals surface area contributed by atoms with Gasteiger partial charge in [-0.25, -0.2) is 9.37 Å². The number of pyridine rings is 1. The molecule has 0 saturated carbocycles. The van der Waals surface area contributed by atoms with Crippen molar-refractivity contribution in [3.05, 3.63) is 58.4 Å². The highest BCUT2D eigenvalue weighted by molar-refractivity contribution is 9.10. The first kappa shape index (κ1) is 14.0. The van der Waals surface area contributed by atoms with E-state index in [1.807, 2.05) is 12.1 Å². The molecule has 108 valence electrons. The summed E-state index contributed by atoms with van der Waals surface area (Å²) in [6.45, 7) is 0.998. The Morgan fingerprint density at radius 3 is 2.67 bits per heavy atom. The predicted molar refractivity (Wildman–Crippen MR) is 78.7 cm³/mol. The third-order valence-electron chi connectivity index (χ3n) is 3.23. The average molecular weight is 351 g/mol. The van der Waals surface area contributed by atoms with Gasteiger partial charge in [0.1, 0.15) is 11.9 Å². The number of nitrogens with zero attached hydrogens (tertiary/aromatic N) is 2. The fourth-order valence-corrected chi connectivity index (χ4v) is 2.42. The molecule has 1 fully saturated rings. The average Bonchev–Trinajstić information content (AvgIpc) is 2.44. The zero-order valence-electron chi connectivity index (χ0n) is 11.0. The molecule has 1 aromatic carbocycles. The number of likely N-dealkylation sites (tertiary alicyclic amines) is 1. The molecule has 0 N–H and O–H groups in total. The molecule has 2 heterocycles. The summed E-state index contributed by atoms with van der Waals surface area (Å²) in [5.74, 6) is 0.0580. The van der Waals surface area contributed by atoms with Crippen molar-refractivity contribution in [3.63, 3.8) is 0 Å². The Bertz CT molecular complexity index is 657. The van der Waals surface area contributed by atoms with Crippen molar-refractivity contribution in [2.24, 2.45) is 0 Å². The number of hydrogen-bond acceptors (Lipinski definition) is 3. The van der Waals surface area contributed by atoms with Crippen LogP contribution in [0, 0.1) is 5.82 Å². The van der Waals surface area contributed by atoms with Crippen molar-refractivity contribution >= 4 is 21.8 Å². The summed E-state index contributed by atoms with van der Waals surface area (Å²) in [4.78, 5) is 17.9.